The molecule has 0 aliphatic heterocycles. The highest BCUT2D eigenvalue weighted by atomic mass is 14.7. The van der Waals surface area contributed by atoms with Crippen LogP contribution >= 0.6 is 0 Å². The van der Waals surface area contributed by atoms with Gasteiger partial charge in [-0.3, -0.25) is 9.97 Å². The van der Waals surface area contributed by atoms with Crippen molar-refractivity contribution in [1.29, 1.82) is 0 Å². The van der Waals surface area contributed by atoms with Crippen molar-refractivity contribution in [2.75, 3.05) is 7.05 Å². The minimum Gasteiger partial charge on any atom is -0.301 e. The van der Waals surface area contributed by atoms with E-state index in [1.54, 1.807) is 19.3 Å². The van der Waals surface area contributed by atoms with Crippen LogP contribution in [-0.2, 0) is 0 Å². The lowest BCUT2D eigenvalue weighted by Crippen LogP contribution is -1.90. The first kappa shape index (κ1) is 38.8. The lowest BCUT2D eigenvalue weighted by molar-refractivity contribution is 1.33. The van der Waals surface area contributed by atoms with Crippen LogP contribution in [-0.4, -0.2) is 23.2 Å². The molecule has 0 fully saturated rings. The summed E-state index contributed by atoms with van der Waals surface area (Å²) in [6.07, 6.45) is 13.2. The average Bonchev–Trinajstić information content (AvgIpc) is 3.25. The fourth-order valence-electron chi connectivity index (χ4n) is 6.30. The zero-order chi connectivity index (χ0) is 38.5. The molecule has 2 aromatic heterocycles. The van der Waals surface area contributed by atoms with E-state index in [-0.39, 0.29) is 0 Å². The van der Waals surface area contributed by atoms with Gasteiger partial charge < -0.3 is 4.99 Å². The maximum absolute atomic E-state index is 4.50. The normalized spacial score (nSPS) is 11.3. The predicted octanol–water partition coefficient (Wildman–Crippen LogP) is 14.5. The lowest BCUT2D eigenvalue weighted by Gasteiger charge is -2.17. The smallest absolute Gasteiger partial charge is 0.0702 e. The highest BCUT2D eigenvalue weighted by Gasteiger charge is 2.15. The third-order valence-corrected chi connectivity index (χ3v) is 9.27. The summed E-state index contributed by atoms with van der Waals surface area (Å²) in [6, 6.07) is 43.6. The van der Waals surface area contributed by atoms with Gasteiger partial charge in [0.15, 0.2) is 0 Å². The Bertz CT molecular complexity index is 2560. The summed E-state index contributed by atoms with van der Waals surface area (Å²) >= 11 is 0. The summed E-state index contributed by atoms with van der Waals surface area (Å²) in [4.78, 5) is 12.6. The summed E-state index contributed by atoms with van der Waals surface area (Å²) in [5, 5.41) is 8.93. The van der Waals surface area contributed by atoms with Crippen LogP contribution in [0.4, 0.5) is 0 Å². The van der Waals surface area contributed by atoms with Gasteiger partial charge in [-0.25, -0.2) is 0 Å². The van der Waals surface area contributed by atoms with Crippen molar-refractivity contribution >= 4 is 49.4 Å². The van der Waals surface area contributed by atoms with Crippen molar-refractivity contribution in [2.45, 2.75) is 34.6 Å². The Morgan fingerprint density at radius 2 is 1.19 bits per heavy atom. The largest absolute Gasteiger partial charge is 0.301 e. The monoisotopic (exact) mass is 703 g/mol. The summed E-state index contributed by atoms with van der Waals surface area (Å²) in [7, 11) is 1.75. The predicted molar refractivity (Wildman–Crippen MR) is 239 cm³/mol. The Morgan fingerprint density at radius 3 is 1.76 bits per heavy atom. The molecule has 0 saturated heterocycles. The van der Waals surface area contributed by atoms with E-state index in [4.69, 9.17) is 0 Å². The molecule has 0 N–H and O–H groups in total. The maximum Gasteiger partial charge on any atom is 0.0702 e. The van der Waals surface area contributed by atoms with E-state index in [1.165, 1.54) is 60.1 Å². The maximum atomic E-state index is 4.50. The van der Waals surface area contributed by atoms with Gasteiger partial charge in [0.1, 0.15) is 0 Å². The summed E-state index contributed by atoms with van der Waals surface area (Å²) in [5.41, 5.74) is 10.3. The molecule has 0 aliphatic carbocycles. The summed E-state index contributed by atoms with van der Waals surface area (Å²) in [6.45, 7) is 17.3. The van der Waals surface area contributed by atoms with E-state index in [1.807, 2.05) is 83.4 Å². The number of fused-ring (bicyclic) bond motifs is 1. The molecule has 6 aromatic carbocycles. The Kier molecular flexibility index (Phi) is 13.5. The third-order valence-electron chi connectivity index (χ3n) is 9.27. The minimum atomic E-state index is 0.946. The number of hydrogen-bond acceptors (Lipinski definition) is 3. The molecule has 0 unspecified atom stereocenters. The van der Waals surface area contributed by atoms with Crippen molar-refractivity contribution in [3.8, 4) is 33.5 Å². The number of aliphatic imine (C=N–C) groups is 1. The van der Waals surface area contributed by atoms with Crippen LogP contribution in [0.3, 0.4) is 0 Å². The van der Waals surface area contributed by atoms with Crippen LogP contribution in [0, 0.1) is 0 Å². The number of nitrogens with zero attached hydrogens (tertiary/aromatic N) is 3. The van der Waals surface area contributed by atoms with Crippen LogP contribution < -0.4 is 0 Å². The molecule has 0 spiro atoms. The van der Waals surface area contributed by atoms with Crippen molar-refractivity contribution in [2.24, 2.45) is 4.99 Å². The van der Waals surface area contributed by atoms with Crippen LogP contribution in [0.1, 0.15) is 34.6 Å². The first-order valence-corrected chi connectivity index (χ1v) is 18.5. The van der Waals surface area contributed by atoms with E-state index in [9.17, 15) is 0 Å². The van der Waals surface area contributed by atoms with Crippen LogP contribution in [0.25, 0.3) is 76.7 Å². The Morgan fingerprint density at radius 1 is 0.611 bits per heavy atom. The molecular formula is C51H49N3. The first-order chi connectivity index (χ1) is 26.4. The molecule has 0 atom stereocenters. The van der Waals surface area contributed by atoms with Gasteiger partial charge in [-0.1, -0.05) is 148 Å². The summed E-state index contributed by atoms with van der Waals surface area (Å²) in [5.74, 6) is 0. The standard InChI is InChI=1S/C36H22N2.C10H14.C3H7N.C2H6/c1-2-20-37-33(5-1)24-8-6-23(7-9-24)29-15-12-25-10-11-26-13-16-30(32-18-17-31(29)35(25)36(26)32)27-14-19-34-28(22-27)4-3-21-38-34;1-5-9(3)7-8-10(4)6-2;1-3-4-2;1-2/h1-22H;5-8H,1,3H2,2,4H3;3H,1-2H3;1-2H3/b;8-7-,10-6+;;. The number of aromatic nitrogens is 2. The topological polar surface area (TPSA) is 38.1 Å². The second-order valence-electron chi connectivity index (χ2n) is 12.5. The second-order valence-corrected chi connectivity index (χ2v) is 12.5. The number of allylic oxidation sites excluding steroid dienone is 6. The van der Waals surface area contributed by atoms with Crippen LogP contribution in [0.5, 0.6) is 0 Å². The van der Waals surface area contributed by atoms with E-state index >= 15 is 0 Å². The van der Waals surface area contributed by atoms with E-state index in [0.717, 1.165) is 27.7 Å². The highest BCUT2D eigenvalue weighted by Crippen LogP contribution is 2.42. The average molecular weight is 704 g/mol. The van der Waals surface area contributed by atoms with Crippen LogP contribution in [0.15, 0.2) is 187 Å². The zero-order valence-corrected chi connectivity index (χ0v) is 32.3. The molecule has 0 amide bonds. The molecule has 268 valence electrons. The van der Waals surface area contributed by atoms with Crippen molar-refractivity contribution in [1.82, 2.24) is 9.97 Å². The minimum absolute atomic E-state index is 0.946. The zero-order valence-electron chi connectivity index (χ0n) is 32.3. The molecule has 8 rings (SSSR count). The molecule has 3 heteroatoms. The molecule has 0 saturated carbocycles. The van der Waals surface area contributed by atoms with Crippen LogP contribution in [0.2, 0.25) is 0 Å². The second kappa shape index (κ2) is 18.9. The SMILES string of the molecule is C=CC(=C)/C=C\C(C)=C\C.CC.CC=NC.c1ccc(-c2ccc(-c3ccc4ccc5ccc(-c6ccc7ncccc7c6)c6ccc3c4c56)cc2)nc1. The number of hydrogen-bond donors (Lipinski definition) is 0. The number of pyridine rings is 2. The van der Waals surface area contributed by atoms with Gasteiger partial charge >= 0.3 is 0 Å². The molecule has 8 aromatic rings. The highest BCUT2D eigenvalue weighted by molar-refractivity contribution is 6.27. The molecular weight excluding hydrogens is 655 g/mol. The lowest BCUT2D eigenvalue weighted by atomic mass is 9.87. The van der Waals surface area contributed by atoms with E-state index in [2.05, 4.69) is 131 Å². The van der Waals surface area contributed by atoms with Crippen molar-refractivity contribution in [3.05, 3.63) is 182 Å². The number of benzene rings is 6. The van der Waals surface area contributed by atoms with Crippen molar-refractivity contribution in [3.63, 3.8) is 0 Å². The Balaban J connectivity index is 0.000000299. The van der Waals surface area contributed by atoms with Gasteiger partial charge in [-0.2, -0.15) is 0 Å². The Hall–Kier alpha value is -6.45. The first-order valence-electron chi connectivity index (χ1n) is 18.5. The molecule has 0 bridgehead atoms. The molecule has 0 radical (unpaired) electrons. The fraction of sp³-hybridized carbons (Fsp3) is 0.118. The van der Waals surface area contributed by atoms with Gasteiger partial charge in [0.25, 0.3) is 0 Å². The van der Waals surface area contributed by atoms with Gasteiger partial charge in [-0.05, 0) is 117 Å². The molecule has 54 heavy (non-hydrogen) atoms. The quantitative estimate of drug-likeness (QED) is 0.0982. The molecule has 3 nitrogen and oxygen atoms in total. The van der Waals surface area contributed by atoms with E-state index in [0.29, 0.717) is 0 Å². The molecule has 2 heterocycles. The van der Waals surface area contributed by atoms with Crippen molar-refractivity contribution < 1.29 is 0 Å². The molecule has 0 aliphatic rings. The third kappa shape index (κ3) is 8.77. The Labute approximate surface area is 320 Å². The summed E-state index contributed by atoms with van der Waals surface area (Å²) < 4.78 is 0. The van der Waals surface area contributed by atoms with Gasteiger partial charge in [0.05, 0.1) is 11.2 Å². The van der Waals surface area contributed by atoms with Gasteiger partial charge in [0, 0.05) is 30.4 Å². The van der Waals surface area contributed by atoms with Gasteiger partial charge in [-0.15, -0.1) is 0 Å². The van der Waals surface area contributed by atoms with E-state index < -0.39 is 0 Å². The number of rotatable bonds is 6. The fourth-order valence-corrected chi connectivity index (χ4v) is 6.30. The van der Waals surface area contributed by atoms with Gasteiger partial charge in [0.2, 0.25) is 0 Å².